The molecule has 0 aliphatic heterocycles. The molecule has 0 radical (unpaired) electrons. The Hall–Kier alpha value is -0.743. The maximum atomic E-state index is 6.58. The molecule has 0 bridgehead atoms. The number of hydrogen-bond acceptors (Lipinski definition) is 1. The quantitative estimate of drug-likeness (QED) is 0.637. The van der Waals surface area contributed by atoms with Crippen LogP contribution < -0.4 is 4.43 Å². The first-order chi connectivity index (χ1) is 9.04. The van der Waals surface area contributed by atoms with Gasteiger partial charge in [-0.3, -0.25) is 0 Å². The highest BCUT2D eigenvalue weighted by Crippen LogP contribution is 2.41. The lowest BCUT2D eigenvalue weighted by Gasteiger charge is -2.36. The van der Waals surface area contributed by atoms with Gasteiger partial charge in [0.05, 0.1) is 11.2 Å². The minimum atomic E-state index is -1.83. The highest BCUT2D eigenvalue weighted by atomic mass is 79.9. The van der Waals surface area contributed by atoms with Crippen LogP contribution in [0.15, 0.2) is 22.7 Å². The number of halogens is 1. The van der Waals surface area contributed by atoms with Crippen LogP contribution in [0.2, 0.25) is 18.1 Å². The van der Waals surface area contributed by atoms with Gasteiger partial charge in [-0.2, -0.15) is 0 Å². The average Bonchev–Trinajstić information content (AvgIpc) is 2.52. The Bertz CT molecular complexity index is 653. The van der Waals surface area contributed by atoms with Gasteiger partial charge in [-0.25, -0.2) is 0 Å². The molecule has 0 atom stereocenters. The Morgan fingerprint density at radius 3 is 2.35 bits per heavy atom. The fourth-order valence-electron chi connectivity index (χ4n) is 2.05. The van der Waals surface area contributed by atoms with Crippen LogP contribution in [-0.4, -0.2) is 12.9 Å². The number of hydrogen-bond donors (Lipinski definition) is 0. The van der Waals surface area contributed by atoms with Gasteiger partial charge < -0.3 is 8.99 Å². The van der Waals surface area contributed by atoms with E-state index in [1.165, 1.54) is 16.6 Å². The predicted octanol–water partition coefficient (Wildman–Crippen LogP) is 5.63. The summed E-state index contributed by atoms with van der Waals surface area (Å²) >= 11 is 3.57. The van der Waals surface area contributed by atoms with Gasteiger partial charge >= 0.3 is 0 Å². The van der Waals surface area contributed by atoms with Gasteiger partial charge in [0.25, 0.3) is 8.32 Å². The molecule has 0 amide bonds. The molecule has 2 rings (SSSR count). The van der Waals surface area contributed by atoms with Crippen molar-refractivity contribution in [1.29, 1.82) is 0 Å². The third kappa shape index (κ3) is 2.55. The summed E-state index contributed by atoms with van der Waals surface area (Å²) < 4.78 is 9.89. The molecule has 0 saturated heterocycles. The zero-order valence-electron chi connectivity index (χ0n) is 13.5. The molecular formula is C16H24BrNOSi. The van der Waals surface area contributed by atoms with E-state index in [0.29, 0.717) is 0 Å². The van der Waals surface area contributed by atoms with E-state index in [9.17, 15) is 0 Å². The van der Waals surface area contributed by atoms with Crippen LogP contribution in [0.25, 0.3) is 10.9 Å². The van der Waals surface area contributed by atoms with Crippen molar-refractivity contribution < 1.29 is 4.43 Å². The van der Waals surface area contributed by atoms with Crippen LogP contribution >= 0.6 is 15.9 Å². The normalized spacial score (nSPS) is 13.0. The lowest BCUT2D eigenvalue weighted by Crippen LogP contribution is -2.44. The number of nitrogens with zero attached hydrogens (tertiary/aromatic N) is 1. The van der Waals surface area contributed by atoms with E-state index in [0.717, 1.165) is 10.2 Å². The van der Waals surface area contributed by atoms with Gasteiger partial charge in [0.15, 0.2) is 0 Å². The summed E-state index contributed by atoms with van der Waals surface area (Å²) in [6.07, 6.45) is 0. The van der Waals surface area contributed by atoms with Crippen LogP contribution in [0.3, 0.4) is 0 Å². The van der Waals surface area contributed by atoms with E-state index in [4.69, 9.17) is 4.43 Å². The predicted molar refractivity (Wildman–Crippen MR) is 93.2 cm³/mol. The summed E-state index contributed by atoms with van der Waals surface area (Å²) in [6, 6.07) is 6.38. The number of fused-ring (bicyclic) bond motifs is 1. The van der Waals surface area contributed by atoms with Gasteiger partial charge in [0.1, 0.15) is 5.75 Å². The first-order valence-corrected chi connectivity index (χ1v) is 10.7. The van der Waals surface area contributed by atoms with Crippen LogP contribution in [0.1, 0.15) is 26.5 Å². The van der Waals surface area contributed by atoms with Crippen LogP contribution in [-0.2, 0) is 7.05 Å². The molecule has 0 aliphatic rings. The zero-order chi connectivity index (χ0) is 15.3. The van der Waals surface area contributed by atoms with Crippen molar-refractivity contribution in [3.63, 3.8) is 0 Å². The molecule has 2 aromatic rings. The third-order valence-corrected chi connectivity index (χ3v) is 9.38. The summed E-state index contributed by atoms with van der Waals surface area (Å²) in [6.45, 7) is 13.5. The van der Waals surface area contributed by atoms with E-state index < -0.39 is 8.32 Å². The first kappa shape index (κ1) is 15.6. The van der Waals surface area contributed by atoms with E-state index in [1.807, 2.05) is 0 Å². The SMILES string of the molecule is Cc1c(O[Si](C)(C)C(C)(C)C)c2cc(Br)ccc2n1C. The highest BCUT2D eigenvalue weighted by Gasteiger charge is 2.40. The number of benzene rings is 1. The number of aryl methyl sites for hydroxylation is 1. The molecule has 2 nitrogen and oxygen atoms in total. The van der Waals surface area contributed by atoms with Gasteiger partial charge in [0, 0.05) is 16.9 Å². The Balaban J connectivity index is 2.60. The average molecular weight is 354 g/mol. The van der Waals surface area contributed by atoms with Crippen LogP contribution in [0.5, 0.6) is 5.75 Å². The maximum Gasteiger partial charge on any atom is 0.250 e. The molecule has 0 spiro atoms. The second kappa shape index (κ2) is 4.92. The largest absolute Gasteiger partial charge is 0.542 e. The molecule has 0 aliphatic carbocycles. The van der Waals surface area contributed by atoms with E-state index >= 15 is 0 Å². The lowest BCUT2D eigenvalue weighted by atomic mass is 10.2. The molecule has 0 unspecified atom stereocenters. The van der Waals surface area contributed by atoms with E-state index in [-0.39, 0.29) is 5.04 Å². The molecule has 110 valence electrons. The molecule has 1 heterocycles. The Morgan fingerprint density at radius 2 is 1.80 bits per heavy atom. The van der Waals surface area contributed by atoms with Crippen molar-refractivity contribution in [1.82, 2.24) is 4.57 Å². The molecule has 0 N–H and O–H groups in total. The molecular weight excluding hydrogens is 330 g/mol. The second-order valence-corrected chi connectivity index (χ2v) is 12.6. The fraction of sp³-hybridized carbons (Fsp3) is 0.500. The van der Waals surface area contributed by atoms with Crippen LogP contribution in [0.4, 0.5) is 0 Å². The Kier molecular flexibility index (Phi) is 3.84. The van der Waals surface area contributed by atoms with Crippen molar-refractivity contribution >= 4 is 35.2 Å². The number of rotatable bonds is 2. The summed E-state index contributed by atoms with van der Waals surface area (Å²) in [4.78, 5) is 0. The maximum absolute atomic E-state index is 6.58. The van der Waals surface area contributed by atoms with Gasteiger partial charge in [0.2, 0.25) is 0 Å². The van der Waals surface area contributed by atoms with Crippen molar-refractivity contribution in [3.8, 4) is 5.75 Å². The summed E-state index contributed by atoms with van der Waals surface area (Å²) in [5, 5.41) is 1.40. The summed E-state index contributed by atoms with van der Waals surface area (Å²) in [5.74, 6) is 1.05. The van der Waals surface area contributed by atoms with Gasteiger partial charge in [-0.15, -0.1) is 0 Å². The van der Waals surface area contributed by atoms with Gasteiger partial charge in [-0.1, -0.05) is 36.7 Å². The first-order valence-electron chi connectivity index (χ1n) is 6.98. The molecule has 4 heteroatoms. The molecule has 1 aromatic heterocycles. The molecule has 0 saturated carbocycles. The Labute approximate surface area is 131 Å². The molecule has 1 aromatic carbocycles. The summed E-state index contributed by atoms with van der Waals surface area (Å²) in [7, 11) is 0.274. The minimum Gasteiger partial charge on any atom is -0.542 e. The van der Waals surface area contributed by atoms with E-state index in [2.05, 4.69) is 86.5 Å². The van der Waals surface area contributed by atoms with Gasteiger partial charge in [-0.05, 0) is 43.3 Å². The third-order valence-electron chi connectivity index (χ3n) is 4.56. The second-order valence-electron chi connectivity index (χ2n) is 7.00. The number of aromatic nitrogens is 1. The van der Waals surface area contributed by atoms with Crippen molar-refractivity contribution in [2.75, 3.05) is 0 Å². The summed E-state index contributed by atoms with van der Waals surface area (Å²) in [5.41, 5.74) is 2.42. The smallest absolute Gasteiger partial charge is 0.250 e. The molecule has 0 fully saturated rings. The van der Waals surface area contributed by atoms with Crippen molar-refractivity contribution in [2.24, 2.45) is 7.05 Å². The zero-order valence-corrected chi connectivity index (χ0v) is 16.1. The topological polar surface area (TPSA) is 14.2 Å². The van der Waals surface area contributed by atoms with E-state index in [1.54, 1.807) is 0 Å². The lowest BCUT2D eigenvalue weighted by molar-refractivity contribution is 0.491. The molecule has 20 heavy (non-hydrogen) atoms. The van der Waals surface area contributed by atoms with Crippen molar-refractivity contribution in [2.45, 2.75) is 45.8 Å². The standard InChI is InChI=1S/C16H24BrNOSi/c1-11-15(19-20(6,7)16(2,3)4)13-10-12(17)8-9-14(13)18(11)5/h8-10H,1-7H3. The minimum absolute atomic E-state index is 0.202. The fourth-order valence-corrected chi connectivity index (χ4v) is 3.48. The highest BCUT2D eigenvalue weighted by molar-refractivity contribution is 9.10. The van der Waals surface area contributed by atoms with Crippen LogP contribution in [0, 0.1) is 6.92 Å². The Morgan fingerprint density at radius 1 is 1.20 bits per heavy atom. The van der Waals surface area contributed by atoms with Crippen molar-refractivity contribution in [3.05, 3.63) is 28.4 Å². The monoisotopic (exact) mass is 353 g/mol.